The molecule has 164 valence electrons. The molecule has 0 aromatic heterocycles. The molecule has 0 aliphatic rings. The summed E-state index contributed by atoms with van der Waals surface area (Å²) in [5.41, 5.74) is 1.69. The number of benzene rings is 1. The van der Waals surface area contributed by atoms with Gasteiger partial charge in [-0.3, -0.25) is 0 Å². The van der Waals surface area contributed by atoms with Gasteiger partial charge < -0.3 is 12.3 Å². The maximum absolute atomic E-state index is 10.8. The third-order valence-electron chi connectivity index (χ3n) is 4.65. The average molecular weight is 470 g/mol. The Hall–Kier alpha value is -0.652. The first-order chi connectivity index (χ1) is 13.2. The molecule has 1 unspecified atom stereocenters. The molecule has 0 aliphatic heterocycles. The van der Waals surface area contributed by atoms with E-state index in [-0.39, 0.29) is 0 Å². The molecule has 1 aromatic carbocycles. The monoisotopic (exact) mass is 469 g/mol. The van der Waals surface area contributed by atoms with Gasteiger partial charge in [-0.2, -0.15) is 4.99 Å². The Labute approximate surface area is 182 Å². The maximum Gasteiger partial charge on any atom is 0.465 e. The molecule has 5 nitrogen and oxygen atoms in total. The van der Waals surface area contributed by atoms with E-state index in [9.17, 15) is 4.79 Å². The molecule has 1 rings (SSSR count). The summed E-state index contributed by atoms with van der Waals surface area (Å²) >= 11 is 0. The number of nitrogens with zero attached hydrogens (tertiary/aromatic N) is 1. The fraction of sp³-hybridized carbons (Fsp3) is 0.650. The van der Waals surface area contributed by atoms with Crippen molar-refractivity contribution in [1.29, 1.82) is 0 Å². The lowest BCUT2D eigenvalue weighted by atomic mass is 9.91. The van der Waals surface area contributed by atoms with Crippen LogP contribution in [0.2, 0.25) is 51.9 Å². The molecule has 0 saturated carbocycles. The zero-order valence-corrected chi connectivity index (χ0v) is 24.1. The standard InChI is InChI=1S/C20H39NO4Si4/c1-17(18-12-11-13-19(14-18)20(2,3)21-16-22)15-28(8,9)25-29(10,23-26(4)5)24-27(6)7/h11-14,17,26-27H,15H2,1-10H3. The molecule has 0 amide bonds. The van der Waals surface area contributed by atoms with E-state index >= 15 is 0 Å². The smallest absolute Gasteiger partial charge is 0.420 e. The Balaban J connectivity index is 3.01. The summed E-state index contributed by atoms with van der Waals surface area (Å²) in [5.74, 6) is 0.332. The molecule has 0 aliphatic carbocycles. The van der Waals surface area contributed by atoms with Crippen molar-refractivity contribution in [2.24, 2.45) is 4.99 Å². The summed E-state index contributed by atoms with van der Waals surface area (Å²) in [7, 11) is -7.15. The Kier molecular flexibility index (Phi) is 9.63. The molecular formula is C20H39NO4Si4. The van der Waals surface area contributed by atoms with Crippen LogP contribution in [0.5, 0.6) is 0 Å². The first kappa shape index (κ1) is 26.4. The number of isocyanates is 1. The quantitative estimate of drug-likeness (QED) is 0.255. The molecule has 1 aromatic rings. The Morgan fingerprint density at radius 1 is 1.10 bits per heavy atom. The van der Waals surface area contributed by atoms with Crippen LogP contribution < -0.4 is 0 Å². The maximum atomic E-state index is 10.8. The van der Waals surface area contributed by atoms with E-state index in [0.29, 0.717) is 5.92 Å². The van der Waals surface area contributed by atoms with Crippen molar-refractivity contribution in [1.82, 2.24) is 0 Å². The summed E-state index contributed by atoms with van der Waals surface area (Å²) in [6.45, 7) is 21.4. The first-order valence-corrected chi connectivity index (χ1v) is 21.3. The number of hydrogen-bond acceptors (Lipinski definition) is 5. The van der Waals surface area contributed by atoms with Gasteiger partial charge in [0.25, 0.3) is 0 Å². The van der Waals surface area contributed by atoms with Crippen molar-refractivity contribution in [3.05, 3.63) is 35.4 Å². The average Bonchev–Trinajstić information content (AvgIpc) is 2.51. The molecular weight excluding hydrogens is 431 g/mol. The summed E-state index contributed by atoms with van der Waals surface area (Å²) in [4.78, 5) is 14.7. The highest BCUT2D eigenvalue weighted by Gasteiger charge is 2.43. The van der Waals surface area contributed by atoms with Crippen molar-refractivity contribution >= 4 is 41.3 Å². The fourth-order valence-corrected chi connectivity index (χ4v) is 18.6. The summed E-state index contributed by atoms with van der Waals surface area (Å²) in [5, 5.41) is 0. The second kappa shape index (κ2) is 10.6. The van der Waals surface area contributed by atoms with Gasteiger partial charge in [-0.25, -0.2) is 4.79 Å². The van der Waals surface area contributed by atoms with Crippen LogP contribution in [-0.4, -0.2) is 41.3 Å². The highest BCUT2D eigenvalue weighted by Crippen LogP contribution is 2.33. The Bertz CT molecular complexity index is 708. The van der Waals surface area contributed by atoms with Crippen LogP contribution in [0.4, 0.5) is 0 Å². The Morgan fingerprint density at radius 2 is 1.66 bits per heavy atom. The molecule has 9 heteroatoms. The van der Waals surface area contributed by atoms with E-state index in [2.05, 4.69) is 69.9 Å². The molecule has 0 spiro atoms. The minimum atomic E-state index is -2.60. The third kappa shape index (κ3) is 8.93. The second-order valence-corrected chi connectivity index (χ2v) is 22.1. The van der Waals surface area contributed by atoms with E-state index in [0.717, 1.165) is 11.6 Å². The first-order valence-electron chi connectivity index (χ1n) is 10.4. The predicted octanol–water partition coefficient (Wildman–Crippen LogP) is 5.15. The number of hydrogen-bond donors (Lipinski definition) is 0. The van der Waals surface area contributed by atoms with Gasteiger partial charge in [0.2, 0.25) is 6.08 Å². The van der Waals surface area contributed by atoms with Gasteiger partial charge in [0.05, 0.1) is 5.54 Å². The summed E-state index contributed by atoms with van der Waals surface area (Å²) < 4.78 is 19.3. The number of aliphatic imine (C=N–C) groups is 1. The van der Waals surface area contributed by atoms with Crippen LogP contribution in [-0.2, 0) is 22.7 Å². The van der Waals surface area contributed by atoms with E-state index < -0.39 is 40.7 Å². The Morgan fingerprint density at radius 3 is 2.14 bits per heavy atom. The van der Waals surface area contributed by atoms with Gasteiger partial charge in [-0.05, 0) is 76.2 Å². The van der Waals surface area contributed by atoms with E-state index in [4.69, 9.17) is 12.3 Å². The molecule has 0 fully saturated rings. The van der Waals surface area contributed by atoms with Crippen LogP contribution in [0.25, 0.3) is 0 Å². The lowest BCUT2D eigenvalue weighted by Crippen LogP contribution is -2.54. The fourth-order valence-electron chi connectivity index (χ4n) is 3.74. The van der Waals surface area contributed by atoms with E-state index in [1.807, 2.05) is 26.0 Å². The highest BCUT2D eigenvalue weighted by molar-refractivity contribution is 6.84. The largest absolute Gasteiger partial charge is 0.465 e. The SMILES string of the molecule is CC(C[Si](C)(C)O[Si](C)(O[SiH](C)C)O[SiH](C)C)c1cccc(C(C)(C)N=C=O)c1. The highest BCUT2D eigenvalue weighted by atomic mass is 28.5. The van der Waals surface area contributed by atoms with Gasteiger partial charge in [-0.1, -0.05) is 31.2 Å². The van der Waals surface area contributed by atoms with Crippen molar-refractivity contribution in [2.45, 2.75) is 84.1 Å². The van der Waals surface area contributed by atoms with Gasteiger partial charge in [0.1, 0.15) is 0 Å². The van der Waals surface area contributed by atoms with Crippen molar-refractivity contribution in [3.63, 3.8) is 0 Å². The topological polar surface area (TPSA) is 57.1 Å². The zero-order valence-electron chi connectivity index (χ0n) is 19.8. The van der Waals surface area contributed by atoms with Crippen LogP contribution in [0, 0.1) is 0 Å². The van der Waals surface area contributed by atoms with Gasteiger partial charge in [0, 0.05) is 6.55 Å². The minimum absolute atomic E-state index is 0.332. The van der Waals surface area contributed by atoms with Crippen LogP contribution in [0.3, 0.4) is 0 Å². The van der Waals surface area contributed by atoms with Crippen LogP contribution >= 0.6 is 0 Å². The van der Waals surface area contributed by atoms with Gasteiger partial charge >= 0.3 is 8.80 Å². The summed E-state index contributed by atoms with van der Waals surface area (Å²) in [6.07, 6.45) is 1.70. The molecule has 1 atom stereocenters. The zero-order chi connectivity index (χ0) is 22.5. The van der Waals surface area contributed by atoms with E-state index in [1.165, 1.54) is 5.56 Å². The molecule has 0 radical (unpaired) electrons. The third-order valence-corrected chi connectivity index (χ3v) is 17.1. The van der Waals surface area contributed by atoms with Crippen molar-refractivity contribution < 1.29 is 17.1 Å². The van der Waals surface area contributed by atoms with Crippen molar-refractivity contribution in [2.75, 3.05) is 0 Å². The lowest BCUT2D eigenvalue weighted by Gasteiger charge is -2.38. The summed E-state index contributed by atoms with van der Waals surface area (Å²) in [6, 6.07) is 9.33. The van der Waals surface area contributed by atoms with E-state index in [1.54, 1.807) is 6.08 Å². The van der Waals surface area contributed by atoms with Crippen molar-refractivity contribution in [3.8, 4) is 0 Å². The molecule has 0 saturated heterocycles. The van der Waals surface area contributed by atoms with Gasteiger partial charge in [-0.15, -0.1) is 0 Å². The molecule has 0 heterocycles. The molecule has 29 heavy (non-hydrogen) atoms. The number of carbonyl (C=O) groups excluding carboxylic acids is 1. The minimum Gasteiger partial charge on any atom is -0.420 e. The molecule has 0 N–H and O–H groups in total. The second-order valence-electron chi connectivity index (χ2n) is 9.55. The normalized spacial score (nSPS) is 14.2. The lowest BCUT2D eigenvalue weighted by molar-refractivity contribution is 0.271. The molecule has 0 bridgehead atoms. The number of rotatable bonds is 11. The van der Waals surface area contributed by atoms with Gasteiger partial charge in [0.15, 0.2) is 26.4 Å². The van der Waals surface area contributed by atoms with Crippen LogP contribution in [0.15, 0.2) is 29.3 Å². The van der Waals surface area contributed by atoms with Crippen LogP contribution in [0.1, 0.15) is 37.8 Å². The predicted molar refractivity (Wildman–Crippen MR) is 131 cm³/mol.